The maximum Gasteiger partial charge on any atom is 0.159 e. The van der Waals surface area contributed by atoms with Crippen LogP contribution in [0.2, 0.25) is 5.02 Å². The summed E-state index contributed by atoms with van der Waals surface area (Å²) in [5.74, 6) is 0.931. The summed E-state index contributed by atoms with van der Waals surface area (Å²) >= 11 is 5.95. The number of Topliss-reactive ketones (excluding diaryl/α,β-unsaturated/α-hetero) is 1. The first-order valence-electron chi connectivity index (χ1n) is 8.92. The summed E-state index contributed by atoms with van der Waals surface area (Å²) in [5.41, 5.74) is 3.10. The average molecular weight is 373 g/mol. The van der Waals surface area contributed by atoms with Crippen LogP contribution in [0.5, 0.6) is 5.75 Å². The Morgan fingerprint density at radius 3 is 2.19 bits per heavy atom. The second kappa shape index (κ2) is 8.67. The van der Waals surface area contributed by atoms with Crippen LogP contribution in [0.25, 0.3) is 0 Å². The predicted octanol–water partition coefficient (Wildman–Crippen LogP) is 3.87. The van der Waals surface area contributed by atoms with E-state index in [2.05, 4.69) is 21.9 Å². The highest BCUT2D eigenvalue weighted by Gasteiger charge is 2.19. The van der Waals surface area contributed by atoms with Crippen molar-refractivity contribution in [3.05, 3.63) is 64.2 Å². The number of halogens is 1. The molecule has 1 saturated heterocycles. The lowest BCUT2D eigenvalue weighted by Gasteiger charge is -2.35. The predicted molar refractivity (Wildman–Crippen MR) is 105 cm³/mol. The van der Waals surface area contributed by atoms with Crippen LogP contribution in [0.15, 0.2) is 42.5 Å². The Kier molecular flexibility index (Phi) is 6.30. The summed E-state index contributed by atoms with van der Waals surface area (Å²) in [5, 5.41) is 0.778. The van der Waals surface area contributed by atoms with E-state index < -0.39 is 0 Å². The maximum atomic E-state index is 11.7. The Morgan fingerprint density at radius 1 is 1.00 bits per heavy atom. The Labute approximate surface area is 160 Å². The van der Waals surface area contributed by atoms with Gasteiger partial charge in [-0.05, 0) is 42.8 Å². The standard InChI is InChI=1S/C21H25ClN2O2/c1-16(25)18-5-8-21(26-2)19(13-18)15-24-11-9-23(10-12-24)14-17-3-6-20(22)7-4-17/h3-8,13H,9-12,14-15H2,1-2H3. The monoisotopic (exact) mass is 372 g/mol. The topological polar surface area (TPSA) is 32.8 Å². The smallest absolute Gasteiger partial charge is 0.159 e. The first-order valence-corrected chi connectivity index (χ1v) is 9.30. The second-order valence-corrected chi connectivity index (χ2v) is 7.20. The van der Waals surface area contributed by atoms with E-state index in [1.165, 1.54) is 5.56 Å². The molecule has 3 rings (SSSR count). The first-order chi connectivity index (χ1) is 12.5. The molecule has 0 saturated carbocycles. The third-order valence-electron chi connectivity index (χ3n) is 4.87. The lowest BCUT2D eigenvalue weighted by atomic mass is 10.1. The van der Waals surface area contributed by atoms with Crippen LogP contribution in [0, 0.1) is 0 Å². The average Bonchev–Trinajstić information content (AvgIpc) is 2.65. The molecule has 0 aromatic heterocycles. The van der Waals surface area contributed by atoms with E-state index >= 15 is 0 Å². The summed E-state index contributed by atoms with van der Waals surface area (Å²) in [6, 6.07) is 13.8. The van der Waals surface area contributed by atoms with Gasteiger partial charge in [0.2, 0.25) is 0 Å². The molecule has 0 N–H and O–H groups in total. The molecule has 1 aliphatic rings. The molecular weight excluding hydrogens is 348 g/mol. The Balaban J connectivity index is 1.57. The normalized spacial score (nSPS) is 15.8. The number of hydrogen-bond donors (Lipinski definition) is 0. The minimum Gasteiger partial charge on any atom is -0.496 e. The van der Waals surface area contributed by atoms with Crippen molar-refractivity contribution in [3.8, 4) is 5.75 Å². The Bertz CT molecular complexity index is 753. The first kappa shape index (κ1) is 18.9. The van der Waals surface area contributed by atoms with Gasteiger partial charge in [0.05, 0.1) is 7.11 Å². The summed E-state index contributed by atoms with van der Waals surface area (Å²) < 4.78 is 5.47. The molecule has 2 aromatic rings. The zero-order valence-corrected chi connectivity index (χ0v) is 16.1. The number of benzene rings is 2. The van der Waals surface area contributed by atoms with Crippen molar-refractivity contribution in [1.29, 1.82) is 0 Å². The fourth-order valence-corrected chi connectivity index (χ4v) is 3.44. The molecule has 1 fully saturated rings. The molecule has 1 aliphatic heterocycles. The molecule has 138 valence electrons. The lowest BCUT2D eigenvalue weighted by Crippen LogP contribution is -2.45. The molecule has 0 bridgehead atoms. The van der Waals surface area contributed by atoms with Crippen LogP contribution in [0.4, 0.5) is 0 Å². The number of ketones is 1. The largest absolute Gasteiger partial charge is 0.496 e. The minimum atomic E-state index is 0.0849. The number of carbonyl (C=O) groups excluding carboxylic acids is 1. The number of ether oxygens (including phenoxy) is 1. The highest BCUT2D eigenvalue weighted by molar-refractivity contribution is 6.30. The van der Waals surface area contributed by atoms with Gasteiger partial charge >= 0.3 is 0 Å². The lowest BCUT2D eigenvalue weighted by molar-refractivity contribution is 0.101. The van der Waals surface area contributed by atoms with E-state index in [1.807, 2.05) is 30.3 Å². The van der Waals surface area contributed by atoms with Gasteiger partial charge in [0.15, 0.2) is 5.78 Å². The fraction of sp³-hybridized carbons (Fsp3) is 0.381. The van der Waals surface area contributed by atoms with Crippen molar-refractivity contribution in [2.75, 3.05) is 33.3 Å². The van der Waals surface area contributed by atoms with E-state index in [0.29, 0.717) is 0 Å². The molecule has 2 aromatic carbocycles. The van der Waals surface area contributed by atoms with E-state index in [0.717, 1.165) is 61.2 Å². The van der Waals surface area contributed by atoms with Gasteiger partial charge in [-0.2, -0.15) is 0 Å². The molecule has 5 heteroatoms. The van der Waals surface area contributed by atoms with E-state index in [9.17, 15) is 4.79 Å². The van der Waals surface area contributed by atoms with Crippen molar-refractivity contribution in [2.45, 2.75) is 20.0 Å². The molecule has 26 heavy (non-hydrogen) atoms. The van der Waals surface area contributed by atoms with Gasteiger partial charge in [0.25, 0.3) is 0 Å². The number of rotatable bonds is 6. The third kappa shape index (κ3) is 4.85. The van der Waals surface area contributed by atoms with Gasteiger partial charge in [0.1, 0.15) is 5.75 Å². The second-order valence-electron chi connectivity index (χ2n) is 6.76. The summed E-state index contributed by atoms with van der Waals surface area (Å²) in [6.45, 7) is 7.41. The maximum absolute atomic E-state index is 11.7. The summed E-state index contributed by atoms with van der Waals surface area (Å²) in [4.78, 5) is 16.5. The van der Waals surface area contributed by atoms with Crippen molar-refractivity contribution < 1.29 is 9.53 Å². The molecular formula is C21H25ClN2O2. The van der Waals surface area contributed by atoms with Crippen LogP contribution in [0.1, 0.15) is 28.4 Å². The number of piperazine rings is 1. The van der Waals surface area contributed by atoms with Gasteiger partial charge in [-0.25, -0.2) is 0 Å². The van der Waals surface area contributed by atoms with Crippen LogP contribution in [-0.4, -0.2) is 48.9 Å². The highest BCUT2D eigenvalue weighted by Crippen LogP contribution is 2.23. The van der Waals surface area contributed by atoms with E-state index in [4.69, 9.17) is 16.3 Å². The zero-order valence-electron chi connectivity index (χ0n) is 15.4. The van der Waals surface area contributed by atoms with Crippen molar-refractivity contribution in [2.24, 2.45) is 0 Å². The van der Waals surface area contributed by atoms with Crippen LogP contribution >= 0.6 is 11.6 Å². The third-order valence-corrected chi connectivity index (χ3v) is 5.12. The molecule has 1 heterocycles. The number of hydrogen-bond acceptors (Lipinski definition) is 4. The highest BCUT2D eigenvalue weighted by atomic mass is 35.5. The molecule has 0 unspecified atom stereocenters. The molecule has 0 radical (unpaired) electrons. The van der Waals surface area contributed by atoms with Gasteiger partial charge in [-0.15, -0.1) is 0 Å². The molecule has 0 aliphatic carbocycles. The zero-order chi connectivity index (χ0) is 18.5. The Morgan fingerprint density at radius 2 is 1.62 bits per heavy atom. The molecule has 0 atom stereocenters. The molecule has 4 nitrogen and oxygen atoms in total. The SMILES string of the molecule is COc1ccc(C(C)=O)cc1CN1CCN(Cc2ccc(Cl)cc2)CC1. The van der Waals surface area contributed by atoms with Crippen molar-refractivity contribution >= 4 is 17.4 Å². The quantitative estimate of drug-likeness (QED) is 0.721. The van der Waals surface area contributed by atoms with Crippen LogP contribution in [-0.2, 0) is 13.1 Å². The van der Waals surface area contributed by atoms with Crippen molar-refractivity contribution in [3.63, 3.8) is 0 Å². The molecule has 0 amide bonds. The van der Waals surface area contributed by atoms with Gasteiger partial charge in [-0.3, -0.25) is 14.6 Å². The number of nitrogens with zero attached hydrogens (tertiary/aromatic N) is 2. The minimum absolute atomic E-state index is 0.0849. The van der Waals surface area contributed by atoms with Gasteiger partial charge in [0, 0.05) is 55.4 Å². The van der Waals surface area contributed by atoms with Crippen molar-refractivity contribution in [1.82, 2.24) is 9.80 Å². The van der Waals surface area contributed by atoms with E-state index in [1.54, 1.807) is 14.0 Å². The fourth-order valence-electron chi connectivity index (χ4n) is 3.32. The Hall–Kier alpha value is -1.88. The summed E-state index contributed by atoms with van der Waals surface area (Å²) in [7, 11) is 1.68. The van der Waals surface area contributed by atoms with Crippen LogP contribution < -0.4 is 4.74 Å². The molecule has 0 spiro atoms. The van der Waals surface area contributed by atoms with Crippen LogP contribution in [0.3, 0.4) is 0 Å². The van der Waals surface area contributed by atoms with E-state index in [-0.39, 0.29) is 5.78 Å². The van der Waals surface area contributed by atoms with Gasteiger partial charge in [-0.1, -0.05) is 23.7 Å². The summed E-state index contributed by atoms with van der Waals surface area (Å²) in [6.07, 6.45) is 0. The number of carbonyl (C=O) groups is 1. The number of methoxy groups -OCH3 is 1. The van der Waals surface area contributed by atoms with Gasteiger partial charge < -0.3 is 4.74 Å².